The fraction of sp³-hybridized carbons (Fsp3) is 0.111. The van der Waals surface area contributed by atoms with Crippen LogP contribution in [-0.2, 0) is 0 Å². The van der Waals surface area contributed by atoms with Crippen molar-refractivity contribution in [3.05, 3.63) is 41.6 Å². The van der Waals surface area contributed by atoms with Gasteiger partial charge in [-0.05, 0) is 18.4 Å². The highest BCUT2D eigenvalue weighted by Gasteiger charge is 2.08. The van der Waals surface area contributed by atoms with E-state index in [-0.39, 0.29) is 5.78 Å². The Balaban J connectivity index is 2.86. The third-order valence-corrected chi connectivity index (χ3v) is 2.08. The Bertz CT molecular complexity index is 295. The molecule has 1 heterocycles. The van der Waals surface area contributed by atoms with Crippen LogP contribution >= 0.6 is 11.8 Å². The Morgan fingerprint density at radius 1 is 1.58 bits per heavy atom. The zero-order chi connectivity index (χ0) is 8.97. The lowest BCUT2D eigenvalue weighted by Gasteiger charge is -1.98. The summed E-state index contributed by atoms with van der Waals surface area (Å²) in [6, 6.07) is 5.25. The second-order valence-electron chi connectivity index (χ2n) is 2.17. The maximum absolute atomic E-state index is 11.4. The molecule has 0 fully saturated rings. The number of hydrogen-bond acceptors (Lipinski definition) is 3. The number of allylic oxidation sites excluding steroid dienone is 1. The molecule has 0 saturated carbocycles. The number of carbonyl (C=O) groups excluding carboxylic acids is 1. The third kappa shape index (κ3) is 1.95. The second-order valence-corrected chi connectivity index (χ2v) is 3.07. The SMILES string of the molecule is C=C(SC)C(=O)c1ccccn1. The molecular formula is C9H9NOS. The highest BCUT2D eigenvalue weighted by Crippen LogP contribution is 2.13. The maximum Gasteiger partial charge on any atom is 0.217 e. The van der Waals surface area contributed by atoms with Crippen molar-refractivity contribution in [1.29, 1.82) is 0 Å². The van der Waals surface area contributed by atoms with E-state index in [1.54, 1.807) is 24.4 Å². The lowest BCUT2D eigenvalue weighted by atomic mass is 10.2. The normalized spacial score (nSPS) is 9.42. The van der Waals surface area contributed by atoms with Crippen LogP contribution in [0.1, 0.15) is 10.5 Å². The van der Waals surface area contributed by atoms with Crippen molar-refractivity contribution in [1.82, 2.24) is 4.98 Å². The van der Waals surface area contributed by atoms with E-state index in [0.29, 0.717) is 10.6 Å². The predicted molar refractivity (Wildman–Crippen MR) is 51.2 cm³/mol. The number of pyridine rings is 1. The second kappa shape index (κ2) is 4.07. The molecule has 0 radical (unpaired) electrons. The van der Waals surface area contributed by atoms with Gasteiger partial charge in [0.05, 0.1) is 0 Å². The number of Topliss-reactive ketones (excluding diaryl/α,β-unsaturated/α-hetero) is 1. The molecule has 0 N–H and O–H groups in total. The average Bonchev–Trinajstić information content (AvgIpc) is 2.17. The molecule has 62 valence electrons. The van der Waals surface area contributed by atoms with Crippen molar-refractivity contribution in [3.8, 4) is 0 Å². The zero-order valence-corrected chi connectivity index (χ0v) is 7.60. The molecule has 1 rings (SSSR count). The summed E-state index contributed by atoms with van der Waals surface area (Å²) in [5.41, 5.74) is 0.455. The van der Waals surface area contributed by atoms with Gasteiger partial charge in [0.1, 0.15) is 5.69 Å². The van der Waals surface area contributed by atoms with Crippen LogP contribution in [0.25, 0.3) is 0 Å². The summed E-state index contributed by atoms with van der Waals surface area (Å²) in [6.07, 6.45) is 3.42. The lowest BCUT2D eigenvalue weighted by molar-refractivity contribution is 0.103. The van der Waals surface area contributed by atoms with Gasteiger partial charge in [-0.3, -0.25) is 9.78 Å². The summed E-state index contributed by atoms with van der Waals surface area (Å²) < 4.78 is 0. The first kappa shape index (κ1) is 9.00. The number of thioether (sulfide) groups is 1. The summed E-state index contributed by atoms with van der Waals surface area (Å²) in [5, 5.41) is 0. The standard InChI is InChI=1S/C9H9NOS/c1-7(12-2)9(11)8-5-3-4-6-10-8/h3-6H,1H2,2H3. The largest absolute Gasteiger partial charge is 0.286 e. The quantitative estimate of drug-likeness (QED) is 0.526. The molecule has 0 unspecified atom stereocenters. The molecule has 3 heteroatoms. The first-order valence-electron chi connectivity index (χ1n) is 3.44. The Hall–Kier alpha value is -1.09. The fourth-order valence-electron chi connectivity index (χ4n) is 0.733. The van der Waals surface area contributed by atoms with Gasteiger partial charge < -0.3 is 0 Å². The van der Waals surface area contributed by atoms with Crippen LogP contribution < -0.4 is 0 Å². The van der Waals surface area contributed by atoms with E-state index in [1.165, 1.54) is 11.8 Å². The van der Waals surface area contributed by atoms with Crippen LogP contribution in [0.2, 0.25) is 0 Å². The van der Waals surface area contributed by atoms with Crippen molar-refractivity contribution in [2.24, 2.45) is 0 Å². The van der Waals surface area contributed by atoms with Crippen molar-refractivity contribution in [2.75, 3.05) is 6.26 Å². The van der Waals surface area contributed by atoms with E-state index in [9.17, 15) is 4.79 Å². The molecule has 2 nitrogen and oxygen atoms in total. The molecule has 0 aliphatic heterocycles. The molecule has 12 heavy (non-hydrogen) atoms. The Kier molecular flexibility index (Phi) is 3.05. The molecule has 0 aliphatic carbocycles. The summed E-state index contributed by atoms with van der Waals surface area (Å²) in [4.78, 5) is 15.8. The van der Waals surface area contributed by atoms with Crippen molar-refractivity contribution in [2.45, 2.75) is 0 Å². The van der Waals surface area contributed by atoms with Gasteiger partial charge in [-0.15, -0.1) is 11.8 Å². The van der Waals surface area contributed by atoms with Gasteiger partial charge in [-0.2, -0.15) is 0 Å². The van der Waals surface area contributed by atoms with Gasteiger partial charge in [0.2, 0.25) is 5.78 Å². The van der Waals surface area contributed by atoms with Gasteiger partial charge >= 0.3 is 0 Å². The van der Waals surface area contributed by atoms with E-state index in [2.05, 4.69) is 11.6 Å². The summed E-state index contributed by atoms with van der Waals surface area (Å²) in [6.45, 7) is 3.62. The molecule has 0 aromatic carbocycles. The Labute approximate surface area is 75.7 Å². The van der Waals surface area contributed by atoms with Crippen LogP contribution in [0.3, 0.4) is 0 Å². The molecule has 0 aliphatic rings. The van der Waals surface area contributed by atoms with Crippen molar-refractivity contribution < 1.29 is 4.79 Å². The summed E-state index contributed by atoms with van der Waals surface area (Å²) in [7, 11) is 0. The van der Waals surface area contributed by atoms with Gasteiger partial charge in [0, 0.05) is 11.1 Å². The van der Waals surface area contributed by atoms with Crippen LogP contribution in [0.15, 0.2) is 35.9 Å². The first-order chi connectivity index (χ1) is 5.75. The summed E-state index contributed by atoms with van der Waals surface area (Å²) in [5.74, 6) is -0.0944. The van der Waals surface area contributed by atoms with E-state index < -0.39 is 0 Å². The number of hydrogen-bond donors (Lipinski definition) is 0. The molecular weight excluding hydrogens is 170 g/mol. The number of aromatic nitrogens is 1. The van der Waals surface area contributed by atoms with Crippen LogP contribution in [0.5, 0.6) is 0 Å². The van der Waals surface area contributed by atoms with E-state index >= 15 is 0 Å². The Morgan fingerprint density at radius 2 is 2.33 bits per heavy atom. The number of rotatable bonds is 3. The van der Waals surface area contributed by atoms with Crippen molar-refractivity contribution >= 4 is 17.5 Å². The van der Waals surface area contributed by atoms with E-state index in [1.807, 2.05) is 6.26 Å². The lowest BCUT2D eigenvalue weighted by Crippen LogP contribution is -2.01. The number of carbonyl (C=O) groups is 1. The summed E-state index contributed by atoms with van der Waals surface area (Å²) >= 11 is 1.34. The van der Waals surface area contributed by atoms with Crippen molar-refractivity contribution in [3.63, 3.8) is 0 Å². The zero-order valence-electron chi connectivity index (χ0n) is 6.78. The number of ketones is 1. The molecule has 0 amide bonds. The maximum atomic E-state index is 11.4. The molecule has 1 aromatic rings. The van der Waals surface area contributed by atoms with Crippen LogP contribution in [0.4, 0.5) is 0 Å². The van der Waals surface area contributed by atoms with Crippen LogP contribution in [-0.4, -0.2) is 17.0 Å². The predicted octanol–water partition coefficient (Wildman–Crippen LogP) is 2.14. The fourth-order valence-corrected chi connectivity index (χ4v) is 1.02. The minimum atomic E-state index is -0.0944. The van der Waals surface area contributed by atoms with Gasteiger partial charge in [0.15, 0.2) is 0 Å². The van der Waals surface area contributed by atoms with Gasteiger partial charge in [0.25, 0.3) is 0 Å². The molecule has 1 aromatic heterocycles. The molecule has 0 spiro atoms. The average molecular weight is 179 g/mol. The van der Waals surface area contributed by atoms with E-state index in [4.69, 9.17) is 0 Å². The Morgan fingerprint density at radius 3 is 2.83 bits per heavy atom. The molecule has 0 atom stereocenters. The van der Waals surface area contributed by atoms with Crippen LogP contribution in [0, 0.1) is 0 Å². The molecule has 0 saturated heterocycles. The van der Waals surface area contributed by atoms with Gasteiger partial charge in [-0.1, -0.05) is 12.6 Å². The van der Waals surface area contributed by atoms with E-state index in [0.717, 1.165) is 0 Å². The minimum absolute atomic E-state index is 0.0944. The van der Waals surface area contributed by atoms with Gasteiger partial charge in [-0.25, -0.2) is 0 Å². The topological polar surface area (TPSA) is 30.0 Å². The smallest absolute Gasteiger partial charge is 0.217 e. The minimum Gasteiger partial charge on any atom is -0.286 e. The molecule has 0 bridgehead atoms. The highest BCUT2D eigenvalue weighted by atomic mass is 32.2. The monoisotopic (exact) mass is 179 g/mol. The first-order valence-corrected chi connectivity index (χ1v) is 4.67. The number of nitrogens with zero attached hydrogens (tertiary/aromatic N) is 1. The third-order valence-electron chi connectivity index (χ3n) is 1.40. The highest BCUT2D eigenvalue weighted by molar-refractivity contribution is 8.03.